The van der Waals surface area contributed by atoms with Gasteiger partial charge in [0.2, 0.25) is 0 Å². The molecule has 11 nitrogen and oxygen atoms in total. The minimum Gasteiger partial charge on any atom is -0.473 e. The van der Waals surface area contributed by atoms with Crippen molar-refractivity contribution in [2.75, 3.05) is 32.7 Å². The molecular weight excluding hydrogens is 568 g/mol. The monoisotopic (exact) mass is 592 g/mol. The van der Waals surface area contributed by atoms with Gasteiger partial charge in [-0.15, -0.1) is 0 Å². The summed E-state index contributed by atoms with van der Waals surface area (Å²) in [7, 11) is 0. The molecule has 5 N–H and O–H groups in total. The average Bonchev–Trinajstić information content (AvgIpc) is 2.88. The number of nitrogens with one attached hydrogen (secondary N) is 1. The lowest BCUT2D eigenvalue weighted by atomic mass is 9.96. The van der Waals surface area contributed by atoms with Gasteiger partial charge in [-0.2, -0.15) is 13.2 Å². The van der Waals surface area contributed by atoms with E-state index in [1.54, 1.807) is 6.07 Å². The number of hydrogen-bond acceptors (Lipinski definition) is 8. The maximum atomic E-state index is 13.7. The molecule has 16 heteroatoms. The van der Waals surface area contributed by atoms with E-state index in [2.05, 4.69) is 10.2 Å². The van der Waals surface area contributed by atoms with Gasteiger partial charge in [-0.25, -0.2) is 23.6 Å². The second-order valence-corrected chi connectivity index (χ2v) is 9.18. The van der Waals surface area contributed by atoms with Crippen LogP contribution in [-0.4, -0.2) is 88.1 Å². The fourth-order valence-electron chi connectivity index (χ4n) is 3.60. The Labute approximate surface area is 228 Å². The molecule has 1 saturated heterocycles. The summed E-state index contributed by atoms with van der Waals surface area (Å²) in [6.45, 7) is 4.72. The molecule has 0 unspecified atom stereocenters. The van der Waals surface area contributed by atoms with Gasteiger partial charge in [-0.05, 0) is 49.2 Å². The Kier molecular flexibility index (Phi) is 11.7. The third-order valence-corrected chi connectivity index (χ3v) is 6.58. The van der Waals surface area contributed by atoms with Crippen LogP contribution < -0.4 is 10.1 Å². The second kappa shape index (κ2) is 14.5. The van der Waals surface area contributed by atoms with Gasteiger partial charge in [0.1, 0.15) is 17.3 Å². The molecule has 0 radical (unpaired) electrons. The fourth-order valence-corrected chi connectivity index (χ4v) is 4.61. The summed E-state index contributed by atoms with van der Waals surface area (Å²) >= 11 is 0.689. The first-order valence-corrected chi connectivity index (χ1v) is 12.3. The summed E-state index contributed by atoms with van der Waals surface area (Å²) in [5.74, 6) is -7.02. The molecule has 3 heterocycles. The molecule has 1 fully saturated rings. The molecule has 0 spiro atoms. The van der Waals surface area contributed by atoms with Crippen molar-refractivity contribution < 1.29 is 61.9 Å². The third-order valence-electron chi connectivity index (χ3n) is 5.34. The molecule has 0 amide bonds. The molecule has 0 bridgehead atoms. The number of allylic oxidation sites excluding steroid dienone is 4. The number of carbonyl (C=O) groups is 4. The van der Waals surface area contributed by atoms with Crippen LogP contribution in [0.2, 0.25) is 0 Å². The molecule has 1 aromatic carbocycles. The summed E-state index contributed by atoms with van der Waals surface area (Å²) in [5, 5.41) is 32.9. The minimum atomic E-state index is -4.41. The van der Waals surface area contributed by atoms with Crippen molar-refractivity contribution >= 4 is 41.2 Å². The van der Waals surface area contributed by atoms with E-state index in [4.69, 9.17) is 44.3 Å². The summed E-state index contributed by atoms with van der Waals surface area (Å²) < 4.78 is 59.1. The van der Waals surface area contributed by atoms with Crippen molar-refractivity contribution in [2.45, 2.75) is 19.0 Å². The van der Waals surface area contributed by atoms with E-state index in [0.29, 0.717) is 40.2 Å². The largest absolute Gasteiger partial charge is 0.473 e. The summed E-state index contributed by atoms with van der Waals surface area (Å²) in [4.78, 5) is 38.6. The van der Waals surface area contributed by atoms with Gasteiger partial charge in [-0.1, -0.05) is 11.8 Å². The van der Waals surface area contributed by atoms with Crippen LogP contribution in [0.4, 0.5) is 17.6 Å². The molecule has 0 atom stereocenters. The Morgan fingerprint density at radius 3 is 2.05 bits per heavy atom. The van der Waals surface area contributed by atoms with Crippen molar-refractivity contribution in [3.05, 3.63) is 57.3 Å². The standard InChI is InChI=1S/C20H20F4N2OS.2C2H2O4/c21-13-3-4-14-15(2-1-9-26-10-7-25-8-11-26)19-16(27-17(14)12-13)5-6-18(28-19)20(22,23)24;2*3-1(4)2(5)6/h3-6,12,25H,1-2,7-11H2;2*(H,3,4)(H,5,6). The zero-order chi connectivity index (χ0) is 30.0. The number of halogens is 4. The SMILES string of the molecule is Fc1ccc2c(c1)OC1=CC=C(C(F)(F)F)SC1=C2CCCN1CCNCC1.O=C(O)C(=O)O.O=C(O)C(=O)O. The number of carboxylic acid groups (broad SMARTS) is 4. The quantitative estimate of drug-likeness (QED) is 0.256. The lowest BCUT2D eigenvalue weighted by Crippen LogP contribution is -2.43. The van der Waals surface area contributed by atoms with Crippen LogP contribution in [0.1, 0.15) is 18.4 Å². The van der Waals surface area contributed by atoms with Crippen LogP contribution in [0.15, 0.2) is 45.9 Å². The number of aliphatic carboxylic acids is 4. The number of rotatable bonds is 4. The van der Waals surface area contributed by atoms with E-state index in [1.807, 2.05) is 0 Å². The highest BCUT2D eigenvalue weighted by atomic mass is 32.2. The van der Waals surface area contributed by atoms with Crippen LogP contribution in [0.25, 0.3) is 5.57 Å². The van der Waals surface area contributed by atoms with E-state index in [9.17, 15) is 17.6 Å². The number of fused-ring (bicyclic) bond motifs is 2. The molecule has 0 aromatic heterocycles. The van der Waals surface area contributed by atoms with Crippen molar-refractivity contribution in [3.63, 3.8) is 0 Å². The molecule has 3 aliphatic rings. The Bertz CT molecular complexity index is 1190. The smallest absolute Gasteiger partial charge is 0.422 e. The topological polar surface area (TPSA) is 174 Å². The van der Waals surface area contributed by atoms with E-state index < -0.39 is 40.8 Å². The van der Waals surface area contributed by atoms with E-state index in [-0.39, 0.29) is 0 Å². The van der Waals surface area contributed by atoms with E-state index in [0.717, 1.165) is 50.8 Å². The predicted octanol–water partition coefficient (Wildman–Crippen LogP) is 3.00. The predicted molar refractivity (Wildman–Crippen MR) is 133 cm³/mol. The highest BCUT2D eigenvalue weighted by Crippen LogP contribution is 2.51. The molecular formula is C24H24F4N2O9S. The molecule has 40 heavy (non-hydrogen) atoms. The van der Waals surface area contributed by atoms with Crippen LogP contribution >= 0.6 is 11.8 Å². The minimum absolute atomic E-state index is 0.355. The van der Waals surface area contributed by atoms with E-state index in [1.165, 1.54) is 18.2 Å². The van der Waals surface area contributed by atoms with E-state index >= 15 is 0 Å². The van der Waals surface area contributed by atoms with Crippen molar-refractivity contribution in [2.24, 2.45) is 0 Å². The lowest BCUT2D eigenvalue weighted by molar-refractivity contribution is -0.159. The van der Waals surface area contributed by atoms with Gasteiger partial charge in [-0.3, -0.25) is 0 Å². The van der Waals surface area contributed by atoms with Crippen LogP contribution in [0.3, 0.4) is 0 Å². The second-order valence-electron chi connectivity index (χ2n) is 8.13. The highest BCUT2D eigenvalue weighted by molar-refractivity contribution is 8.07. The highest BCUT2D eigenvalue weighted by Gasteiger charge is 2.39. The summed E-state index contributed by atoms with van der Waals surface area (Å²) in [5.41, 5.74) is 1.47. The van der Waals surface area contributed by atoms with Gasteiger partial charge >= 0.3 is 30.1 Å². The first-order chi connectivity index (χ1) is 18.7. The number of hydrogen-bond donors (Lipinski definition) is 5. The number of benzene rings is 1. The normalized spacial score (nSPS) is 16.3. The first-order valence-electron chi connectivity index (χ1n) is 11.4. The maximum absolute atomic E-state index is 13.7. The Morgan fingerprint density at radius 1 is 0.950 bits per heavy atom. The summed E-state index contributed by atoms with van der Waals surface area (Å²) in [6, 6.07) is 4.21. The average molecular weight is 593 g/mol. The van der Waals surface area contributed by atoms with Gasteiger partial charge < -0.3 is 35.4 Å². The molecule has 1 aromatic rings. The zero-order valence-corrected chi connectivity index (χ0v) is 21.4. The van der Waals surface area contributed by atoms with Gasteiger partial charge in [0.25, 0.3) is 0 Å². The third kappa shape index (κ3) is 9.69. The number of piperazine rings is 1. The molecule has 4 rings (SSSR count). The maximum Gasteiger partial charge on any atom is 0.422 e. The van der Waals surface area contributed by atoms with Crippen molar-refractivity contribution in [3.8, 4) is 5.75 Å². The molecule has 3 aliphatic heterocycles. The molecule has 0 saturated carbocycles. The lowest BCUT2D eigenvalue weighted by Gasteiger charge is -2.30. The summed E-state index contributed by atoms with van der Waals surface area (Å²) in [6.07, 6.45) is -0.634. The fraction of sp³-hybridized carbons (Fsp3) is 0.333. The van der Waals surface area contributed by atoms with Crippen LogP contribution in [-0.2, 0) is 19.2 Å². The Balaban J connectivity index is 0.000000393. The molecule has 218 valence electrons. The number of carboxylic acids is 4. The first kappa shape index (κ1) is 32.3. The molecule has 0 aliphatic carbocycles. The van der Waals surface area contributed by atoms with Gasteiger partial charge in [0, 0.05) is 37.8 Å². The number of nitrogens with zero attached hydrogens (tertiary/aromatic N) is 1. The van der Waals surface area contributed by atoms with Gasteiger partial charge in [0.05, 0.1) is 9.81 Å². The Hall–Kier alpha value is -3.89. The Morgan fingerprint density at radius 2 is 1.52 bits per heavy atom. The number of thioether (sulfide) groups is 1. The van der Waals surface area contributed by atoms with Gasteiger partial charge in [0.15, 0.2) is 0 Å². The van der Waals surface area contributed by atoms with Crippen LogP contribution in [0, 0.1) is 5.82 Å². The van der Waals surface area contributed by atoms with Crippen molar-refractivity contribution in [1.82, 2.24) is 10.2 Å². The number of ether oxygens (including phenoxy) is 1. The zero-order valence-electron chi connectivity index (χ0n) is 20.5. The van der Waals surface area contributed by atoms with Crippen LogP contribution in [0.5, 0.6) is 5.75 Å². The van der Waals surface area contributed by atoms with Crippen molar-refractivity contribution in [1.29, 1.82) is 0 Å². The number of alkyl halides is 3.